The van der Waals surface area contributed by atoms with Crippen LogP contribution in [0.4, 0.5) is 0 Å². The van der Waals surface area contributed by atoms with Crippen LogP contribution in [0.1, 0.15) is 53.4 Å². The Morgan fingerprint density at radius 2 is 1.22 bits per heavy atom. The topological polar surface area (TPSA) is 17.1 Å². The molecule has 0 radical (unpaired) electrons. The van der Waals surface area contributed by atoms with Crippen LogP contribution in [0.5, 0.6) is 0 Å². The number of benzene rings is 4. The van der Waals surface area contributed by atoms with Gasteiger partial charge in [-0.1, -0.05) is 105 Å². The molecule has 4 rings (SSSR count). The highest BCUT2D eigenvalue weighted by molar-refractivity contribution is 6.08. The standard InChI is InChI=1S/C31H26O/c1-31(2,3)28-21-19-25(20-22-28)29-12-8-7-9-24(29)16-13-23-14-17-27(18-15-23)30(32)26-10-5-4-6-11-26/h4-12,14-15,17-22H,1-3H3. The first-order valence-electron chi connectivity index (χ1n) is 10.8. The molecule has 0 aliphatic carbocycles. The van der Waals surface area contributed by atoms with Crippen LogP contribution >= 0.6 is 0 Å². The van der Waals surface area contributed by atoms with Gasteiger partial charge in [-0.2, -0.15) is 0 Å². The highest BCUT2D eigenvalue weighted by atomic mass is 16.1. The van der Waals surface area contributed by atoms with Crippen molar-refractivity contribution in [2.75, 3.05) is 0 Å². The Balaban J connectivity index is 1.58. The van der Waals surface area contributed by atoms with E-state index in [2.05, 4.69) is 62.9 Å². The third-order valence-electron chi connectivity index (χ3n) is 5.51. The number of carbonyl (C=O) groups is 1. The molecule has 0 atom stereocenters. The van der Waals surface area contributed by atoms with Crippen molar-refractivity contribution in [3.63, 3.8) is 0 Å². The lowest BCUT2D eigenvalue weighted by Crippen LogP contribution is -2.10. The molecule has 0 heterocycles. The zero-order chi connectivity index (χ0) is 22.6. The van der Waals surface area contributed by atoms with Gasteiger partial charge in [-0.05, 0) is 52.4 Å². The van der Waals surface area contributed by atoms with Crippen molar-refractivity contribution in [1.29, 1.82) is 0 Å². The third-order valence-corrected chi connectivity index (χ3v) is 5.51. The second-order valence-electron chi connectivity index (χ2n) is 8.90. The highest BCUT2D eigenvalue weighted by Gasteiger charge is 2.13. The van der Waals surface area contributed by atoms with Gasteiger partial charge in [0.1, 0.15) is 0 Å². The fourth-order valence-electron chi connectivity index (χ4n) is 3.59. The third kappa shape index (κ3) is 4.88. The number of ketones is 1. The minimum absolute atomic E-state index is 0.0224. The van der Waals surface area contributed by atoms with E-state index in [9.17, 15) is 4.79 Å². The van der Waals surface area contributed by atoms with Crippen molar-refractivity contribution in [2.45, 2.75) is 26.2 Å². The smallest absolute Gasteiger partial charge is 0.193 e. The van der Waals surface area contributed by atoms with Gasteiger partial charge in [0.05, 0.1) is 0 Å². The average molecular weight is 415 g/mol. The molecule has 0 aromatic heterocycles. The average Bonchev–Trinajstić information content (AvgIpc) is 2.83. The zero-order valence-electron chi connectivity index (χ0n) is 18.7. The SMILES string of the molecule is CC(C)(C)c1ccc(-c2ccccc2C#Cc2ccc(C(=O)c3ccccc3)cc2)cc1. The lowest BCUT2D eigenvalue weighted by atomic mass is 9.86. The van der Waals surface area contributed by atoms with Gasteiger partial charge in [-0.15, -0.1) is 0 Å². The first kappa shape index (κ1) is 21.3. The summed E-state index contributed by atoms with van der Waals surface area (Å²) in [5, 5.41) is 0. The molecule has 0 aliphatic rings. The Bertz CT molecular complexity index is 1280. The van der Waals surface area contributed by atoms with Crippen molar-refractivity contribution in [1.82, 2.24) is 0 Å². The lowest BCUT2D eigenvalue weighted by molar-refractivity contribution is 0.103. The van der Waals surface area contributed by atoms with Crippen LogP contribution in [-0.4, -0.2) is 5.78 Å². The van der Waals surface area contributed by atoms with E-state index in [1.54, 1.807) is 0 Å². The second kappa shape index (κ2) is 9.08. The van der Waals surface area contributed by atoms with E-state index in [4.69, 9.17) is 0 Å². The first-order valence-corrected chi connectivity index (χ1v) is 10.8. The Morgan fingerprint density at radius 3 is 1.88 bits per heavy atom. The molecule has 1 heteroatoms. The van der Waals surface area contributed by atoms with Gasteiger partial charge in [0.15, 0.2) is 5.78 Å². The summed E-state index contributed by atoms with van der Waals surface area (Å²) in [6.45, 7) is 6.67. The maximum atomic E-state index is 12.6. The quantitative estimate of drug-likeness (QED) is 0.254. The summed E-state index contributed by atoms with van der Waals surface area (Å²) in [6.07, 6.45) is 0. The van der Waals surface area contributed by atoms with Crippen molar-refractivity contribution < 1.29 is 4.79 Å². The molecular weight excluding hydrogens is 388 g/mol. The lowest BCUT2D eigenvalue weighted by Gasteiger charge is -2.19. The fraction of sp³-hybridized carbons (Fsp3) is 0.129. The van der Waals surface area contributed by atoms with E-state index in [0.717, 1.165) is 22.3 Å². The summed E-state index contributed by atoms with van der Waals surface area (Å²) < 4.78 is 0. The summed E-state index contributed by atoms with van der Waals surface area (Å²) in [6, 6.07) is 33.8. The second-order valence-corrected chi connectivity index (χ2v) is 8.90. The molecule has 0 amide bonds. The Labute approximate surface area is 190 Å². The molecule has 4 aromatic rings. The molecular formula is C31H26O. The number of rotatable bonds is 3. The molecule has 0 fully saturated rings. The first-order chi connectivity index (χ1) is 15.4. The van der Waals surface area contributed by atoms with E-state index in [1.807, 2.05) is 72.8 Å². The summed E-state index contributed by atoms with van der Waals surface area (Å²) in [7, 11) is 0. The monoisotopic (exact) mass is 414 g/mol. The van der Waals surface area contributed by atoms with Crippen LogP contribution < -0.4 is 0 Å². The molecule has 4 aromatic carbocycles. The van der Waals surface area contributed by atoms with Crippen molar-refractivity contribution in [3.05, 3.63) is 131 Å². The molecule has 0 N–H and O–H groups in total. The van der Waals surface area contributed by atoms with Gasteiger partial charge in [-0.25, -0.2) is 0 Å². The van der Waals surface area contributed by atoms with E-state index in [-0.39, 0.29) is 11.2 Å². The highest BCUT2D eigenvalue weighted by Crippen LogP contribution is 2.28. The Morgan fingerprint density at radius 1 is 0.625 bits per heavy atom. The normalized spacial score (nSPS) is 10.8. The maximum absolute atomic E-state index is 12.6. The van der Waals surface area contributed by atoms with Crippen LogP contribution in [0.15, 0.2) is 103 Å². The molecule has 0 spiro atoms. The van der Waals surface area contributed by atoms with Gasteiger partial charge in [0, 0.05) is 22.3 Å². The summed E-state index contributed by atoms with van der Waals surface area (Å²) in [5.41, 5.74) is 6.95. The van der Waals surface area contributed by atoms with Gasteiger partial charge < -0.3 is 0 Å². The van der Waals surface area contributed by atoms with E-state index in [0.29, 0.717) is 11.1 Å². The Hall–Kier alpha value is -3.89. The van der Waals surface area contributed by atoms with Crippen LogP contribution in [0.3, 0.4) is 0 Å². The summed E-state index contributed by atoms with van der Waals surface area (Å²) in [5.74, 6) is 6.59. The largest absolute Gasteiger partial charge is 0.289 e. The molecule has 156 valence electrons. The molecule has 0 saturated carbocycles. The van der Waals surface area contributed by atoms with E-state index in [1.165, 1.54) is 5.56 Å². The van der Waals surface area contributed by atoms with Crippen molar-refractivity contribution in [3.8, 4) is 23.0 Å². The molecule has 0 saturated heterocycles. The minimum atomic E-state index is 0.0224. The van der Waals surface area contributed by atoms with E-state index < -0.39 is 0 Å². The van der Waals surface area contributed by atoms with E-state index >= 15 is 0 Å². The van der Waals surface area contributed by atoms with Crippen LogP contribution in [-0.2, 0) is 5.41 Å². The Kier molecular flexibility index (Phi) is 6.06. The molecule has 0 aliphatic heterocycles. The predicted molar refractivity (Wildman–Crippen MR) is 133 cm³/mol. The summed E-state index contributed by atoms with van der Waals surface area (Å²) >= 11 is 0. The maximum Gasteiger partial charge on any atom is 0.193 e. The molecule has 32 heavy (non-hydrogen) atoms. The molecule has 0 unspecified atom stereocenters. The van der Waals surface area contributed by atoms with Crippen LogP contribution in [0, 0.1) is 11.8 Å². The predicted octanol–water partition coefficient (Wildman–Crippen LogP) is 7.28. The molecule has 1 nitrogen and oxygen atoms in total. The molecule has 0 bridgehead atoms. The fourth-order valence-corrected chi connectivity index (χ4v) is 3.59. The van der Waals surface area contributed by atoms with Gasteiger partial charge in [0.2, 0.25) is 0 Å². The van der Waals surface area contributed by atoms with Crippen molar-refractivity contribution in [2.24, 2.45) is 0 Å². The van der Waals surface area contributed by atoms with Crippen molar-refractivity contribution >= 4 is 5.78 Å². The number of hydrogen-bond acceptors (Lipinski definition) is 1. The zero-order valence-corrected chi connectivity index (χ0v) is 18.7. The summed E-state index contributed by atoms with van der Waals surface area (Å²) in [4.78, 5) is 12.6. The van der Waals surface area contributed by atoms with Gasteiger partial charge in [0.25, 0.3) is 0 Å². The van der Waals surface area contributed by atoms with Gasteiger partial charge >= 0.3 is 0 Å². The van der Waals surface area contributed by atoms with Crippen LogP contribution in [0.25, 0.3) is 11.1 Å². The number of hydrogen-bond donors (Lipinski definition) is 0. The minimum Gasteiger partial charge on any atom is -0.289 e. The van der Waals surface area contributed by atoms with Gasteiger partial charge in [-0.3, -0.25) is 4.79 Å². The van der Waals surface area contributed by atoms with Crippen LogP contribution in [0.2, 0.25) is 0 Å². The number of carbonyl (C=O) groups excluding carboxylic acids is 1.